The summed E-state index contributed by atoms with van der Waals surface area (Å²) >= 11 is 0. The van der Waals surface area contributed by atoms with Gasteiger partial charge in [-0.2, -0.15) is 0 Å². The average Bonchev–Trinajstić information content (AvgIpc) is 2.25. The first kappa shape index (κ1) is 11.5. The topological polar surface area (TPSA) is 51.8 Å². The summed E-state index contributed by atoms with van der Waals surface area (Å²) in [5.41, 5.74) is 8.83. The first-order chi connectivity index (χ1) is 8.00. The molecule has 0 saturated carbocycles. The van der Waals surface area contributed by atoms with Crippen molar-refractivity contribution >= 4 is 5.82 Å². The SMILES string of the molecule is Cc1cccc(C)c1-c1nc(C)c(F)c(N)n1. The van der Waals surface area contributed by atoms with E-state index in [2.05, 4.69) is 9.97 Å². The molecule has 0 bridgehead atoms. The quantitative estimate of drug-likeness (QED) is 0.821. The smallest absolute Gasteiger partial charge is 0.186 e. The molecular weight excluding hydrogens is 217 g/mol. The normalized spacial score (nSPS) is 10.6. The molecule has 0 atom stereocenters. The molecule has 1 heterocycles. The molecule has 0 radical (unpaired) electrons. The Bertz CT molecular complexity index is 536. The number of nitrogens with zero attached hydrogens (tertiary/aromatic N) is 2. The van der Waals surface area contributed by atoms with Crippen LogP contribution in [0.4, 0.5) is 10.2 Å². The van der Waals surface area contributed by atoms with Gasteiger partial charge in [-0.1, -0.05) is 18.2 Å². The molecule has 0 aliphatic heterocycles. The molecule has 1 aromatic heterocycles. The third kappa shape index (κ3) is 1.98. The molecule has 2 N–H and O–H groups in total. The molecule has 0 spiro atoms. The lowest BCUT2D eigenvalue weighted by atomic mass is 10.0. The summed E-state index contributed by atoms with van der Waals surface area (Å²) in [7, 11) is 0. The second kappa shape index (κ2) is 4.13. The maximum Gasteiger partial charge on any atom is 0.186 e. The molecule has 1 aromatic carbocycles. The maximum absolute atomic E-state index is 13.4. The van der Waals surface area contributed by atoms with Crippen LogP contribution in [-0.4, -0.2) is 9.97 Å². The highest BCUT2D eigenvalue weighted by molar-refractivity contribution is 5.65. The van der Waals surface area contributed by atoms with Crippen molar-refractivity contribution in [1.82, 2.24) is 9.97 Å². The number of benzene rings is 1. The van der Waals surface area contributed by atoms with Crippen LogP contribution in [0.5, 0.6) is 0 Å². The van der Waals surface area contributed by atoms with Gasteiger partial charge < -0.3 is 5.73 Å². The minimum atomic E-state index is -0.542. The Morgan fingerprint density at radius 1 is 1.06 bits per heavy atom. The first-order valence-electron chi connectivity index (χ1n) is 5.37. The predicted octanol–water partition coefficient (Wildman–Crippen LogP) is 2.79. The van der Waals surface area contributed by atoms with E-state index in [1.165, 1.54) is 0 Å². The fraction of sp³-hybridized carbons (Fsp3) is 0.231. The first-order valence-corrected chi connectivity index (χ1v) is 5.37. The number of hydrogen-bond donors (Lipinski definition) is 1. The fourth-order valence-electron chi connectivity index (χ4n) is 1.86. The van der Waals surface area contributed by atoms with Crippen molar-refractivity contribution in [3.8, 4) is 11.4 Å². The van der Waals surface area contributed by atoms with Crippen LogP contribution in [-0.2, 0) is 0 Å². The summed E-state index contributed by atoms with van der Waals surface area (Å²) in [6.07, 6.45) is 0. The van der Waals surface area contributed by atoms with Gasteiger partial charge in [-0.3, -0.25) is 0 Å². The maximum atomic E-state index is 13.4. The molecule has 17 heavy (non-hydrogen) atoms. The Morgan fingerprint density at radius 2 is 1.65 bits per heavy atom. The van der Waals surface area contributed by atoms with Crippen LogP contribution in [0.15, 0.2) is 18.2 Å². The summed E-state index contributed by atoms with van der Waals surface area (Å²) in [5.74, 6) is -0.160. The second-order valence-electron chi connectivity index (χ2n) is 4.10. The van der Waals surface area contributed by atoms with Crippen LogP contribution in [0, 0.1) is 26.6 Å². The monoisotopic (exact) mass is 231 g/mol. The Balaban J connectivity index is 2.69. The van der Waals surface area contributed by atoms with Crippen LogP contribution < -0.4 is 5.73 Å². The van der Waals surface area contributed by atoms with E-state index in [-0.39, 0.29) is 11.5 Å². The number of anilines is 1. The van der Waals surface area contributed by atoms with Crippen LogP contribution in [0.1, 0.15) is 16.8 Å². The number of rotatable bonds is 1. The molecule has 0 saturated heterocycles. The molecule has 3 nitrogen and oxygen atoms in total. The van der Waals surface area contributed by atoms with Gasteiger partial charge >= 0.3 is 0 Å². The molecule has 2 rings (SSSR count). The highest BCUT2D eigenvalue weighted by atomic mass is 19.1. The molecule has 0 unspecified atom stereocenters. The number of aromatic nitrogens is 2. The molecule has 4 heteroatoms. The van der Waals surface area contributed by atoms with Gasteiger partial charge in [0, 0.05) is 5.56 Å². The Labute approximate surface area is 99.5 Å². The molecule has 0 aliphatic rings. The molecule has 0 aliphatic carbocycles. The lowest BCUT2D eigenvalue weighted by molar-refractivity contribution is 0.608. The third-order valence-corrected chi connectivity index (χ3v) is 2.75. The van der Waals surface area contributed by atoms with Gasteiger partial charge in [-0.15, -0.1) is 0 Å². The van der Waals surface area contributed by atoms with Crippen LogP contribution >= 0.6 is 0 Å². The van der Waals surface area contributed by atoms with E-state index in [0.29, 0.717) is 5.82 Å². The Hall–Kier alpha value is -1.97. The van der Waals surface area contributed by atoms with E-state index in [1.54, 1.807) is 6.92 Å². The van der Waals surface area contributed by atoms with E-state index in [0.717, 1.165) is 16.7 Å². The highest BCUT2D eigenvalue weighted by Crippen LogP contribution is 2.25. The van der Waals surface area contributed by atoms with E-state index < -0.39 is 5.82 Å². The van der Waals surface area contributed by atoms with Gasteiger partial charge in [-0.05, 0) is 31.9 Å². The number of aryl methyl sites for hydroxylation is 3. The van der Waals surface area contributed by atoms with E-state index in [4.69, 9.17) is 5.73 Å². The second-order valence-corrected chi connectivity index (χ2v) is 4.10. The molecule has 2 aromatic rings. The van der Waals surface area contributed by atoms with E-state index in [9.17, 15) is 4.39 Å². The van der Waals surface area contributed by atoms with Crippen molar-refractivity contribution in [3.05, 3.63) is 40.8 Å². The zero-order chi connectivity index (χ0) is 12.6. The lowest BCUT2D eigenvalue weighted by Gasteiger charge is -2.10. The number of nitrogens with two attached hydrogens (primary N) is 1. The van der Waals surface area contributed by atoms with E-state index >= 15 is 0 Å². The highest BCUT2D eigenvalue weighted by Gasteiger charge is 2.13. The molecule has 0 amide bonds. The van der Waals surface area contributed by atoms with Crippen molar-refractivity contribution in [2.75, 3.05) is 5.73 Å². The Kier molecular flexibility index (Phi) is 2.79. The van der Waals surface area contributed by atoms with Crippen molar-refractivity contribution in [2.24, 2.45) is 0 Å². The van der Waals surface area contributed by atoms with Gasteiger partial charge in [0.05, 0.1) is 5.69 Å². The van der Waals surface area contributed by atoms with Crippen molar-refractivity contribution in [1.29, 1.82) is 0 Å². The molecule has 0 fully saturated rings. The van der Waals surface area contributed by atoms with Gasteiger partial charge in [0.2, 0.25) is 0 Å². The third-order valence-electron chi connectivity index (χ3n) is 2.75. The predicted molar refractivity (Wildman–Crippen MR) is 66.0 cm³/mol. The van der Waals surface area contributed by atoms with Gasteiger partial charge in [0.1, 0.15) is 0 Å². The van der Waals surface area contributed by atoms with Gasteiger partial charge in [-0.25, -0.2) is 14.4 Å². The van der Waals surface area contributed by atoms with E-state index in [1.807, 2.05) is 32.0 Å². The van der Waals surface area contributed by atoms with Crippen LogP contribution in [0.25, 0.3) is 11.4 Å². The van der Waals surface area contributed by atoms with Crippen molar-refractivity contribution < 1.29 is 4.39 Å². The summed E-state index contributed by atoms with van der Waals surface area (Å²) in [6, 6.07) is 5.91. The summed E-state index contributed by atoms with van der Waals surface area (Å²) in [5, 5.41) is 0. The Morgan fingerprint density at radius 3 is 2.18 bits per heavy atom. The minimum Gasteiger partial charge on any atom is -0.381 e. The fourth-order valence-corrected chi connectivity index (χ4v) is 1.86. The van der Waals surface area contributed by atoms with Gasteiger partial charge in [0.15, 0.2) is 17.5 Å². The van der Waals surface area contributed by atoms with Crippen LogP contribution in [0.2, 0.25) is 0 Å². The lowest BCUT2D eigenvalue weighted by Crippen LogP contribution is -2.04. The van der Waals surface area contributed by atoms with Crippen LogP contribution in [0.3, 0.4) is 0 Å². The minimum absolute atomic E-state index is 0.102. The number of nitrogen functional groups attached to an aromatic ring is 1. The summed E-state index contributed by atoms with van der Waals surface area (Å²) in [4.78, 5) is 8.18. The zero-order valence-corrected chi connectivity index (χ0v) is 10.1. The van der Waals surface area contributed by atoms with Crippen molar-refractivity contribution in [3.63, 3.8) is 0 Å². The number of halogens is 1. The van der Waals surface area contributed by atoms with Gasteiger partial charge in [0.25, 0.3) is 0 Å². The van der Waals surface area contributed by atoms with Crippen molar-refractivity contribution in [2.45, 2.75) is 20.8 Å². The standard InChI is InChI=1S/C13H14FN3/c1-7-5-4-6-8(2)10(7)13-16-9(3)11(14)12(15)17-13/h4-6H,1-3H3,(H2,15,16,17). The molecular formula is C13H14FN3. The largest absolute Gasteiger partial charge is 0.381 e. The molecule has 88 valence electrons. The zero-order valence-electron chi connectivity index (χ0n) is 10.1. The summed E-state index contributed by atoms with van der Waals surface area (Å²) in [6.45, 7) is 5.53. The summed E-state index contributed by atoms with van der Waals surface area (Å²) < 4.78 is 13.4. The number of hydrogen-bond acceptors (Lipinski definition) is 3. The average molecular weight is 231 g/mol.